The summed E-state index contributed by atoms with van der Waals surface area (Å²) in [5, 5.41) is 0.579. The van der Waals surface area contributed by atoms with Gasteiger partial charge in [0.15, 0.2) is 0 Å². The second-order valence-corrected chi connectivity index (χ2v) is 3.37. The van der Waals surface area contributed by atoms with Crippen LogP contribution in [0.1, 0.15) is 0 Å². The molecular weight excluding hydrogens is 215 g/mol. The van der Waals surface area contributed by atoms with Crippen LogP contribution in [0.4, 0.5) is 4.39 Å². The van der Waals surface area contributed by atoms with E-state index in [1.807, 2.05) is 0 Å². The Kier molecular flexibility index (Phi) is 2.88. The Morgan fingerprint density at radius 2 is 1.93 bits per heavy atom. The molecule has 2 rings (SSSR count). The molecule has 0 saturated heterocycles. The summed E-state index contributed by atoms with van der Waals surface area (Å²) in [5.74, 6) is 0.552. The van der Waals surface area contributed by atoms with Crippen LogP contribution in [0.3, 0.4) is 0 Å². The number of hydrogen-bond donors (Lipinski definition) is 0. The van der Waals surface area contributed by atoms with E-state index < -0.39 is 5.82 Å². The van der Waals surface area contributed by atoms with Gasteiger partial charge in [-0.3, -0.25) is 0 Å². The lowest BCUT2D eigenvalue weighted by molar-refractivity contribution is 0.476. The van der Waals surface area contributed by atoms with Gasteiger partial charge in [-0.1, -0.05) is 17.7 Å². The zero-order chi connectivity index (χ0) is 10.7. The van der Waals surface area contributed by atoms with E-state index in [2.05, 4.69) is 6.07 Å². The summed E-state index contributed by atoms with van der Waals surface area (Å²) in [6.07, 6.45) is 0. The van der Waals surface area contributed by atoms with E-state index in [9.17, 15) is 4.39 Å². The molecule has 0 atom stereocenters. The van der Waals surface area contributed by atoms with E-state index in [-0.39, 0.29) is 0 Å². The van der Waals surface area contributed by atoms with Gasteiger partial charge in [0, 0.05) is 17.2 Å². The molecule has 0 N–H and O–H groups in total. The van der Waals surface area contributed by atoms with Crippen molar-refractivity contribution >= 4 is 11.6 Å². The second kappa shape index (κ2) is 4.32. The monoisotopic (exact) mass is 221 g/mol. The van der Waals surface area contributed by atoms with Gasteiger partial charge in [-0.15, -0.1) is 0 Å². The maximum Gasteiger partial charge on any atom is 0.134 e. The maximum atomic E-state index is 12.8. The Morgan fingerprint density at radius 1 is 1.13 bits per heavy atom. The van der Waals surface area contributed by atoms with Gasteiger partial charge in [0.25, 0.3) is 0 Å². The topological polar surface area (TPSA) is 9.23 Å². The Labute approximate surface area is 92.1 Å². The first-order valence-corrected chi connectivity index (χ1v) is 4.72. The first-order chi connectivity index (χ1) is 7.24. The summed E-state index contributed by atoms with van der Waals surface area (Å²) in [6.45, 7) is 0. The largest absolute Gasteiger partial charge is 0.457 e. The van der Waals surface area contributed by atoms with Gasteiger partial charge in [-0.05, 0) is 30.3 Å². The van der Waals surface area contributed by atoms with E-state index in [0.29, 0.717) is 16.5 Å². The number of rotatable bonds is 2. The molecule has 0 aromatic heterocycles. The third-order valence-corrected chi connectivity index (χ3v) is 2.00. The van der Waals surface area contributed by atoms with Crippen molar-refractivity contribution in [3.05, 3.63) is 59.4 Å². The quantitative estimate of drug-likeness (QED) is 0.743. The molecule has 0 aliphatic rings. The van der Waals surface area contributed by atoms with Crippen molar-refractivity contribution in [3.8, 4) is 11.5 Å². The molecule has 75 valence electrons. The van der Waals surface area contributed by atoms with Gasteiger partial charge >= 0.3 is 0 Å². The van der Waals surface area contributed by atoms with Crippen LogP contribution in [0.15, 0.2) is 42.5 Å². The Hall–Kier alpha value is -1.54. The van der Waals surface area contributed by atoms with Crippen LogP contribution in [0, 0.1) is 11.9 Å². The average Bonchev–Trinajstić information content (AvgIpc) is 2.17. The minimum atomic E-state index is -0.450. The van der Waals surface area contributed by atoms with Crippen molar-refractivity contribution in [1.82, 2.24) is 0 Å². The summed E-state index contributed by atoms with van der Waals surface area (Å²) in [4.78, 5) is 0. The molecular formula is C12H7ClFO. The van der Waals surface area contributed by atoms with Crippen LogP contribution in [0.5, 0.6) is 11.5 Å². The van der Waals surface area contributed by atoms with Gasteiger partial charge in [-0.25, -0.2) is 4.39 Å². The van der Waals surface area contributed by atoms with Gasteiger partial charge in [0.2, 0.25) is 0 Å². The van der Waals surface area contributed by atoms with Crippen molar-refractivity contribution in [2.24, 2.45) is 0 Å². The van der Waals surface area contributed by atoms with Crippen molar-refractivity contribution in [2.45, 2.75) is 0 Å². The molecule has 1 radical (unpaired) electrons. The number of benzene rings is 2. The predicted molar refractivity (Wildman–Crippen MR) is 56.8 cm³/mol. The summed E-state index contributed by atoms with van der Waals surface area (Å²) in [5.41, 5.74) is 0. The van der Waals surface area contributed by atoms with E-state index >= 15 is 0 Å². The van der Waals surface area contributed by atoms with Gasteiger partial charge in [-0.2, -0.15) is 0 Å². The highest BCUT2D eigenvalue weighted by molar-refractivity contribution is 6.30. The van der Waals surface area contributed by atoms with Crippen LogP contribution in [0.2, 0.25) is 5.02 Å². The first kappa shape index (κ1) is 9.99. The van der Waals surface area contributed by atoms with Crippen molar-refractivity contribution < 1.29 is 9.13 Å². The van der Waals surface area contributed by atoms with Crippen LogP contribution in [-0.2, 0) is 0 Å². The summed E-state index contributed by atoms with van der Waals surface area (Å²) < 4.78 is 18.2. The molecule has 3 heteroatoms. The number of halogens is 2. The lowest BCUT2D eigenvalue weighted by Gasteiger charge is -2.05. The molecule has 2 aromatic rings. The van der Waals surface area contributed by atoms with Gasteiger partial charge < -0.3 is 4.74 Å². The van der Waals surface area contributed by atoms with Crippen molar-refractivity contribution in [3.63, 3.8) is 0 Å². The SMILES string of the molecule is Fc1[c]ccc(Oc2cccc(Cl)c2)c1. The zero-order valence-corrected chi connectivity index (χ0v) is 8.46. The minimum Gasteiger partial charge on any atom is -0.457 e. The fourth-order valence-corrected chi connectivity index (χ4v) is 1.33. The molecule has 0 heterocycles. The Balaban J connectivity index is 2.22. The zero-order valence-electron chi connectivity index (χ0n) is 7.71. The van der Waals surface area contributed by atoms with Crippen LogP contribution < -0.4 is 4.74 Å². The first-order valence-electron chi connectivity index (χ1n) is 4.35. The molecule has 0 saturated carbocycles. The third kappa shape index (κ3) is 2.70. The van der Waals surface area contributed by atoms with Gasteiger partial charge in [0.1, 0.15) is 17.3 Å². The van der Waals surface area contributed by atoms with Crippen LogP contribution in [0.25, 0.3) is 0 Å². The second-order valence-electron chi connectivity index (χ2n) is 2.93. The molecule has 0 fully saturated rings. The highest BCUT2D eigenvalue weighted by Crippen LogP contribution is 2.24. The van der Waals surface area contributed by atoms with E-state index in [0.717, 1.165) is 0 Å². The third-order valence-electron chi connectivity index (χ3n) is 1.77. The highest BCUT2D eigenvalue weighted by Gasteiger charge is 1.99. The molecule has 2 aromatic carbocycles. The molecule has 0 spiro atoms. The fourth-order valence-electron chi connectivity index (χ4n) is 1.15. The summed E-state index contributed by atoms with van der Waals surface area (Å²) in [6, 6.07) is 13.7. The van der Waals surface area contributed by atoms with E-state index in [1.54, 1.807) is 30.3 Å². The van der Waals surface area contributed by atoms with Crippen molar-refractivity contribution in [1.29, 1.82) is 0 Å². The molecule has 0 bridgehead atoms. The normalized spacial score (nSPS) is 10.0. The van der Waals surface area contributed by atoms with E-state index in [1.165, 1.54) is 12.1 Å². The Morgan fingerprint density at radius 3 is 2.67 bits per heavy atom. The van der Waals surface area contributed by atoms with Crippen molar-refractivity contribution in [2.75, 3.05) is 0 Å². The average molecular weight is 222 g/mol. The summed E-state index contributed by atoms with van der Waals surface area (Å²) >= 11 is 5.78. The number of hydrogen-bond acceptors (Lipinski definition) is 1. The van der Waals surface area contributed by atoms with Gasteiger partial charge in [0.05, 0.1) is 0 Å². The van der Waals surface area contributed by atoms with Crippen LogP contribution >= 0.6 is 11.6 Å². The fraction of sp³-hybridized carbons (Fsp3) is 0. The molecule has 15 heavy (non-hydrogen) atoms. The molecule has 1 nitrogen and oxygen atoms in total. The minimum absolute atomic E-state index is 0.425. The summed E-state index contributed by atoms with van der Waals surface area (Å²) in [7, 11) is 0. The molecule has 0 aliphatic heterocycles. The lowest BCUT2D eigenvalue weighted by atomic mass is 10.3. The maximum absolute atomic E-state index is 12.8. The molecule has 0 aliphatic carbocycles. The van der Waals surface area contributed by atoms with E-state index in [4.69, 9.17) is 16.3 Å². The Bertz CT molecular complexity index is 427. The molecule has 0 amide bonds. The predicted octanol–water partition coefficient (Wildman–Crippen LogP) is 4.07. The number of ether oxygens (including phenoxy) is 1. The standard InChI is InChI=1S/C12H7ClFO/c13-9-3-1-5-11(7-9)15-12-6-2-4-10(14)8-12/h1-3,5-8H. The highest BCUT2D eigenvalue weighted by atomic mass is 35.5. The lowest BCUT2D eigenvalue weighted by Crippen LogP contribution is -1.84. The molecule has 0 unspecified atom stereocenters. The smallest absolute Gasteiger partial charge is 0.134 e. The van der Waals surface area contributed by atoms with Crippen LogP contribution in [-0.4, -0.2) is 0 Å².